The van der Waals surface area contributed by atoms with Crippen LogP contribution in [-0.4, -0.2) is 47.9 Å². The van der Waals surface area contributed by atoms with Gasteiger partial charge in [-0.15, -0.1) is 0 Å². The zero-order valence-corrected chi connectivity index (χ0v) is 18.0. The number of hydrogen-bond donors (Lipinski definition) is 1. The van der Waals surface area contributed by atoms with E-state index < -0.39 is 0 Å². The molecule has 2 fully saturated rings. The average molecular weight is 400 g/mol. The number of urea groups is 1. The summed E-state index contributed by atoms with van der Waals surface area (Å²) in [6, 6.07) is 8.10. The second-order valence-electron chi connectivity index (χ2n) is 8.66. The lowest BCUT2D eigenvalue weighted by atomic mass is 9.86. The number of carbonyl (C=O) groups is 2. The van der Waals surface area contributed by atoms with Crippen LogP contribution in [0.3, 0.4) is 0 Å². The molecule has 1 aromatic rings. The summed E-state index contributed by atoms with van der Waals surface area (Å²) in [4.78, 5) is 29.2. The minimum Gasteiger partial charge on any atom is -0.341 e. The summed E-state index contributed by atoms with van der Waals surface area (Å²) in [6.07, 6.45) is 11.3. The Kier molecular flexibility index (Phi) is 8.38. The van der Waals surface area contributed by atoms with Gasteiger partial charge in [0.15, 0.2) is 0 Å². The van der Waals surface area contributed by atoms with E-state index in [-0.39, 0.29) is 11.9 Å². The number of nitrogens with zero attached hydrogens (tertiary/aromatic N) is 2. The third kappa shape index (κ3) is 6.76. The first-order valence-electron chi connectivity index (χ1n) is 11.6. The van der Waals surface area contributed by atoms with Crippen LogP contribution >= 0.6 is 0 Å². The van der Waals surface area contributed by atoms with Gasteiger partial charge in [-0.3, -0.25) is 4.79 Å². The highest BCUT2D eigenvalue weighted by atomic mass is 16.2. The molecule has 1 aliphatic carbocycles. The highest BCUT2D eigenvalue weighted by Gasteiger charge is 2.24. The first-order chi connectivity index (χ1) is 14.2. The lowest BCUT2D eigenvalue weighted by Crippen LogP contribution is -2.39. The van der Waals surface area contributed by atoms with E-state index in [1.807, 2.05) is 21.9 Å². The molecule has 1 saturated heterocycles. The Morgan fingerprint density at radius 3 is 2.34 bits per heavy atom. The molecule has 1 aliphatic heterocycles. The molecular weight excluding hydrogens is 362 g/mol. The molecule has 3 amide bonds. The predicted octanol–water partition coefficient (Wildman–Crippen LogP) is 5.07. The molecule has 0 radical (unpaired) electrons. The summed E-state index contributed by atoms with van der Waals surface area (Å²) < 4.78 is 0. The van der Waals surface area contributed by atoms with Crippen molar-refractivity contribution in [3.05, 3.63) is 29.8 Å². The Morgan fingerprint density at radius 2 is 1.62 bits per heavy atom. The number of unbranched alkanes of at least 4 members (excludes halogenated alkanes) is 1. The van der Waals surface area contributed by atoms with Crippen molar-refractivity contribution in [2.45, 2.75) is 71.1 Å². The summed E-state index contributed by atoms with van der Waals surface area (Å²) in [7, 11) is 0. The fraction of sp³-hybridized carbons (Fsp3) is 0.667. The maximum Gasteiger partial charge on any atom is 0.321 e. The Balaban J connectivity index is 1.45. The monoisotopic (exact) mass is 399 g/mol. The number of rotatable bonds is 6. The van der Waals surface area contributed by atoms with Crippen molar-refractivity contribution in [3.63, 3.8) is 0 Å². The largest absolute Gasteiger partial charge is 0.341 e. The molecule has 160 valence electrons. The molecule has 0 unspecified atom stereocenters. The highest BCUT2D eigenvalue weighted by Crippen LogP contribution is 2.27. The van der Waals surface area contributed by atoms with E-state index in [9.17, 15) is 9.59 Å². The molecule has 0 spiro atoms. The van der Waals surface area contributed by atoms with Gasteiger partial charge in [-0.05, 0) is 55.7 Å². The number of anilines is 1. The maximum absolute atomic E-state index is 12.7. The van der Waals surface area contributed by atoms with Crippen molar-refractivity contribution in [2.75, 3.05) is 31.5 Å². The number of carbonyl (C=O) groups excluding carboxylic acids is 2. The zero-order chi connectivity index (χ0) is 20.5. The SMILES string of the molecule is CCCCc1ccc(NC(=O)N2CCCN(C(=O)CC3CCCCC3)CC2)cc1. The molecule has 1 heterocycles. The van der Waals surface area contributed by atoms with Crippen LogP contribution in [0.4, 0.5) is 10.5 Å². The van der Waals surface area contributed by atoms with Gasteiger partial charge in [0.1, 0.15) is 0 Å². The van der Waals surface area contributed by atoms with E-state index in [0.717, 1.165) is 25.1 Å². The van der Waals surface area contributed by atoms with Crippen molar-refractivity contribution in [2.24, 2.45) is 5.92 Å². The third-order valence-corrected chi connectivity index (χ3v) is 6.35. The molecule has 5 heteroatoms. The van der Waals surface area contributed by atoms with Gasteiger partial charge in [0.05, 0.1) is 0 Å². The molecule has 2 aliphatic rings. The van der Waals surface area contributed by atoms with Crippen LogP contribution < -0.4 is 5.32 Å². The number of nitrogens with one attached hydrogen (secondary N) is 1. The van der Waals surface area contributed by atoms with Gasteiger partial charge in [0, 0.05) is 38.3 Å². The van der Waals surface area contributed by atoms with Crippen LogP contribution in [0.15, 0.2) is 24.3 Å². The van der Waals surface area contributed by atoms with E-state index in [4.69, 9.17) is 0 Å². The van der Waals surface area contributed by atoms with Crippen molar-refractivity contribution in [1.82, 2.24) is 9.80 Å². The van der Waals surface area contributed by atoms with Gasteiger partial charge in [-0.25, -0.2) is 4.79 Å². The van der Waals surface area contributed by atoms with E-state index in [1.54, 1.807) is 0 Å². The van der Waals surface area contributed by atoms with Crippen molar-refractivity contribution in [3.8, 4) is 0 Å². The molecule has 0 aromatic heterocycles. The number of amides is 3. The molecule has 1 saturated carbocycles. The van der Waals surface area contributed by atoms with Gasteiger partial charge in [0.25, 0.3) is 0 Å². The van der Waals surface area contributed by atoms with E-state index >= 15 is 0 Å². The quantitative estimate of drug-likeness (QED) is 0.726. The van der Waals surface area contributed by atoms with Crippen molar-refractivity contribution < 1.29 is 9.59 Å². The van der Waals surface area contributed by atoms with Crippen molar-refractivity contribution in [1.29, 1.82) is 0 Å². The molecule has 3 rings (SSSR count). The van der Waals surface area contributed by atoms with Crippen LogP contribution in [0.5, 0.6) is 0 Å². The Bertz CT molecular complexity index is 653. The fourth-order valence-electron chi connectivity index (χ4n) is 4.48. The average Bonchev–Trinajstić information content (AvgIpc) is 3.00. The summed E-state index contributed by atoms with van der Waals surface area (Å²) >= 11 is 0. The molecule has 1 N–H and O–H groups in total. The van der Waals surface area contributed by atoms with Gasteiger partial charge in [-0.2, -0.15) is 0 Å². The van der Waals surface area contributed by atoms with E-state index in [1.165, 1.54) is 50.5 Å². The first-order valence-corrected chi connectivity index (χ1v) is 11.6. The van der Waals surface area contributed by atoms with Gasteiger partial charge in [0.2, 0.25) is 5.91 Å². The van der Waals surface area contributed by atoms with Crippen molar-refractivity contribution >= 4 is 17.6 Å². The van der Waals surface area contributed by atoms with Gasteiger partial charge >= 0.3 is 6.03 Å². The Morgan fingerprint density at radius 1 is 0.931 bits per heavy atom. The number of hydrogen-bond acceptors (Lipinski definition) is 2. The minimum atomic E-state index is -0.0621. The minimum absolute atomic E-state index is 0.0621. The normalized spacial score (nSPS) is 18.4. The first kappa shape index (κ1) is 21.7. The third-order valence-electron chi connectivity index (χ3n) is 6.35. The van der Waals surface area contributed by atoms with Crippen LogP contribution in [-0.2, 0) is 11.2 Å². The Hall–Kier alpha value is -2.04. The number of benzene rings is 1. The topological polar surface area (TPSA) is 52.7 Å². The summed E-state index contributed by atoms with van der Waals surface area (Å²) in [5.41, 5.74) is 2.15. The van der Waals surface area contributed by atoms with Crippen LogP contribution in [0.1, 0.15) is 70.3 Å². The molecule has 1 aromatic carbocycles. The van der Waals surface area contributed by atoms with Crippen LogP contribution in [0.25, 0.3) is 0 Å². The van der Waals surface area contributed by atoms with Gasteiger partial charge in [-0.1, -0.05) is 44.7 Å². The second-order valence-corrected chi connectivity index (χ2v) is 8.66. The summed E-state index contributed by atoms with van der Waals surface area (Å²) in [5.74, 6) is 0.848. The standard InChI is InChI=1S/C24H37N3O2/c1-2-3-8-20-11-13-22(14-12-20)25-24(29)27-16-7-15-26(17-18-27)23(28)19-21-9-5-4-6-10-21/h11-14,21H,2-10,15-19H2,1H3,(H,25,29). The van der Waals surface area contributed by atoms with Gasteiger partial charge < -0.3 is 15.1 Å². The maximum atomic E-state index is 12.7. The molecule has 0 bridgehead atoms. The lowest BCUT2D eigenvalue weighted by Gasteiger charge is -2.26. The zero-order valence-electron chi connectivity index (χ0n) is 18.0. The lowest BCUT2D eigenvalue weighted by molar-refractivity contribution is -0.132. The molecule has 0 atom stereocenters. The smallest absolute Gasteiger partial charge is 0.321 e. The molecular formula is C24H37N3O2. The van der Waals surface area contributed by atoms with Crippen LogP contribution in [0, 0.1) is 5.92 Å². The molecule has 5 nitrogen and oxygen atoms in total. The highest BCUT2D eigenvalue weighted by molar-refractivity contribution is 5.89. The summed E-state index contributed by atoms with van der Waals surface area (Å²) in [6.45, 7) is 4.92. The second kappa shape index (κ2) is 11.2. The van der Waals surface area contributed by atoms with E-state index in [2.05, 4.69) is 24.4 Å². The summed E-state index contributed by atoms with van der Waals surface area (Å²) in [5, 5.41) is 3.02. The van der Waals surface area contributed by atoms with E-state index in [0.29, 0.717) is 32.0 Å². The number of aryl methyl sites for hydroxylation is 1. The molecule has 29 heavy (non-hydrogen) atoms. The predicted molar refractivity (Wildman–Crippen MR) is 118 cm³/mol. The van der Waals surface area contributed by atoms with Crippen LogP contribution in [0.2, 0.25) is 0 Å². The fourth-order valence-corrected chi connectivity index (χ4v) is 4.48. The Labute approximate surface area is 175 Å².